The number of esters is 1. The molecule has 1 heterocycles. The minimum absolute atomic E-state index is 0.224. The topological polar surface area (TPSA) is 85.4 Å². The van der Waals surface area contributed by atoms with E-state index >= 15 is 0 Å². The Kier molecular flexibility index (Phi) is 5.44. The van der Waals surface area contributed by atoms with E-state index in [0.29, 0.717) is 16.6 Å². The summed E-state index contributed by atoms with van der Waals surface area (Å²) in [6.45, 7) is 2.44. The first-order valence-corrected chi connectivity index (χ1v) is 8.49. The molecule has 0 fully saturated rings. The third kappa shape index (κ3) is 4.20. The molecule has 2 aromatic carbocycles. The van der Waals surface area contributed by atoms with Gasteiger partial charge in [0.1, 0.15) is 5.82 Å². The van der Waals surface area contributed by atoms with Gasteiger partial charge in [0.05, 0.1) is 16.6 Å². The van der Waals surface area contributed by atoms with Crippen molar-refractivity contribution in [3.05, 3.63) is 71.2 Å². The monoisotopic (exact) mass is 380 g/mol. The molecule has 0 aliphatic carbocycles. The number of halogens is 1. The highest BCUT2D eigenvalue weighted by molar-refractivity contribution is 6.05. The minimum Gasteiger partial charge on any atom is -0.454 e. The van der Waals surface area contributed by atoms with Gasteiger partial charge in [-0.15, -0.1) is 0 Å². The van der Waals surface area contributed by atoms with Crippen molar-refractivity contribution in [3.8, 4) is 0 Å². The van der Waals surface area contributed by atoms with Crippen LogP contribution in [0.1, 0.15) is 33.3 Å². The average molecular weight is 380 g/mol. The molecule has 0 saturated carbocycles. The van der Waals surface area contributed by atoms with Crippen LogP contribution in [0.5, 0.6) is 0 Å². The van der Waals surface area contributed by atoms with Gasteiger partial charge in [-0.25, -0.2) is 9.18 Å². The number of rotatable bonds is 5. The molecule has 3 aromatic rings. The number of hydrogen-bond donors (Lipinski definition) is 1. The summed E-state index contributed by atoms with van der Waals surface area (Å²) in [5, 5.41) is 3.03. The number of anilines is 1. The lowest BCUT2D eigenvalue weighted by atomic mass is 10.1. The standard InChI is InChI=1S/C21H17FN2O4/c1-12-9-17(15-5-3-4-6-19(15)23-12)21(27)28-11-20(26)16-8-7-14(10-18(16)22)24-13(2)25/h3-10H,11H2,1-2H3,(H,24,25). The normalized spacial score (nSPS) is 10.5. The molecule has 0 spiro atoms. The Hall–Kier alpha value is -3.61. The summed E-state index contributed by atoms with van der Waals surface area (Å²) in [7, 11) is 0. The van der Waals surface area contributed by atoms with Crippen LogP contribution in [0, 0.1) is 12.7 Å². The number of fused-ring (bicyclic) bond motifs is 1. The van der Waals surface area contributed by atoms with E-state index in [9.17, 15) is 18.8 Å². The maximum Gasteiger partial charge on any atom is 0.339 e. The van der Waals surface area contributed by atoms with E-state index in [1.165, 1.54) is 19.1 Å². The van der Waals surface area contributed by atoms with Crippen LogP contribution >= 0.6 is 0 Å². The Morgan fingerprint density at radius 3 is 2.54 bits per heavy atom. The smallest absolute Gasteiger partial charge is 0.339 e. The van der Waals surface area contributed by atoms with Gasteiger partial charge in [0.15, 0.2) is 6.61 Å². The first-order chi connectivity index (χ1) is 13.3. The third-order valence-corrected chi connectivity index (χ3v) is 3.99. The molecule has 0 aliphatic heterocycles. The molecule has 7 heteroatoms. The first kappa shape index (κ1) is 19.2. The lowest BCUT2D eigenvalue weighted by molar-refractivity contribution is -0.114. The van der Waals surface area contributed by atoms with Crippen LogP contribution in [0.3, 0.4) is 0 Å². The summed E-state index contributed by atoms with van der Waals surface area (Å²) < 4.78 is 19.2. The molecular formula is C21H17FN2O4. The molecule has 1 aromatic heterocycles. The summed E-state index contributed by atoms with van der Waals surface area (Å²) >= 11 is 0. The number of Topliss-reactive ketones (excluding diaryl/α,β-unsaturated/α-hetero) is 1. The molecule has 0 aliphatic rings. The highest BCUT2D eigenvalue weighted by Crippen LogP contribution is 2.20. The third-order valence-electron chi connectivity index (χ3n) is 3.99. The number of carbonyl (C=O) groups excluding carboxylic acids is 3. The van der Waals surface area contributed by atoms with E-state index in [0.717, 1.165) is 6.07 Å². The quantitative estimate of drug-likeness (QED) is 0.539. The molecule has 0 saturated heterocycles. The average Bonchev–Trinajstić information content (AvgIpc) is 2.64. The number of para-hydroxylation sites is 1. The van der Waals surface area contributed by atoms with E-state index < -0.39 is 24.2 Å². The molecule has 1 amide bonds. The maximum atomic E-state index is 14.1. The molecule has 1 N–H and O–H groups in total. The van der Waals surface area contributed by atoms with Gasteiger partial charge in [-0.2, -0.15) is 0 Å². The SMILES string of the molecule is CC(=O)Nc1ccc(C(=O)COC(=O)c2cc(C)nc3ccccc23)c(F)c1. The lowest BCUT2D eigenvalue weighted by Crippen LogP contribution is -2.16. The number of aromatic nitrogens is 1. The van der Waals surface area contributed by atoms with Crippen LogP contribution in [-0.4, -0.2) is 29.3 Å². The first-order valence-electron chi connectivity index (χ1n) is 8.49. The number of aryl methyl sites for hydroxylation is 1. The van der Waals surface area contributed by atoms with Crippen molar-refractivity contribution in [2.45, 2.75) is 13.8 Å². The van der Waals surface area contributed by atoms with Gasteiger partial charge in [-0.05, 0) is 37.3 Å². The van der Waals surface area contributed by atoms with Crippen LogP contribution in [0.15, 0.2) is 48.5 Å². The molecule has 0 bridgehead atoms. The Bertz CT molecular complexity index is 1090. The molecular weight excluding hydrogens is 363 g/mol. The van der Waals surface area contributed by atoms with Crippen LogP contribution in [0.4, 0.5) is 10.1 Å². The van der Waals surface area contributed by atoms with Crippen LogP contribution in [0.25, 0.3) is 10.9 Å². The van der Waals surface area contributed by atoms with Crippen LogP contribution in [-0.2, 0) is 9.53 Å². The molecule has 28 heavy (non-hydrogen) atoms. The van der Waals surface area contributed by atoms with E-state index in [1.807, 2.05) is 0 Å². The number of hydrogen-bond acceptors (Lipinski definition) is 5. The van der Waals surface area contributed by atoms with E-state index in [1.54, 1.807) is 37.3 Å². The second-order valence-corrected chi connectivity index (χ2v) is 6.20. The van der Waals surface area contributed by atoms with E-state index in [4.69, 9.17) is 4.74 Å². The lowest BCUT2D eigenvalue weighted by Gasteiger charge is -2.09. The van der Waals surface area contributed by atoms with Crippen LogP contribution in [0.2, 0.25) is 0 Å². The predicted molar refractivity (Wildman–Crippen MR) is 102 cm³/mol. The Morgan fingerprint density at radius 2 is 1.82 bits per heavy atom. The number of benzene rings is 2. The molecule has 3 rings (SSSR count). The van der Waals surface area contributed by atoms with Crippen molar-refractivity contribution in [3.63, 3.8) is 0 Å². The molecule has 142 valence electrons. The largest absolute Gasteiger partial charge is 0.454 e. The summed E-state index contributed by atoms with van der Waals surface area (Å²) in [4.78, 5) is 40.1. The summed E-state index contributed by atoms with van der Waals surface area (Å²) in [5.74, 6) is -2.54. The summed E-state index contributed by atoms with van der Waals surface area (Å²) in [6.07, 6.45) is 0. The van der Waals surface area contributed by atoms with Gasteiger partial charge < -0.3 is 10.1 Å². The van der Waals surface area contributed by atoms with Gasteiger partial charge in [-0.3, -0.25) is 14.6 Å². The van der Waals surface area contributed by atoms with Crippen molar-refractivity contribution in [1.82, 2.24) is 4.98 Å². The second-order valence-electron chi connectivity index (χ2n) is 6.20. The second kappa shape index (κ2) is 7.96. The number of pyridine rings is 1. The number of amides is 1. The fourth-order valence-corrected chi connectivity index (χ4v) is 2.79. The number of nitrogens with one attached hydrogen (secondary N) is 1. The zero-order valence-corrected chi connectivity index (χ0v) is 15.3. The van der Waals surface area contributed by atoms with Crippen molar-refractivity contribution in [1.29, 1.82) is 0 Å². The highest BCUT2D eigenvalue weighted by Gasteiger charge is 2.18. The van der Waals surface area contributed by atoms with Gasteiger partial charge in [0.25, 0.3) is 0 Å². The molecule has 0 unspecified atom stereocenters. The Labute approximate surface area is 160 Å². The minimum atomic E-state index is -0.808. The van der Waals surface area contributed by atoms with Crippen molar-refractivity contribution >= 4 is 34.3 Å². The predicted octanol–water partition coefficient (Wildman–Crippen LogP) is 3.68. The fraction of sp³-hybridized carbons (Fsp3) is 0.143. The zero-order valence-electron chi connectivity index (χ0n) is 15.3. The van der Waals surface area contributed by atoms with E-state index in [2.05, 4.69) is 10.3 Å². The maximum absolute atomic E-state index is 14.1. The zero-order chi connectivity index (χ0) is 20.3. The van der Waals surface area contributed by atoms with Crippen molar-refractivity contribution < 1.29 is 23.5 Å². The van der Waals surface area contributed by atoms with Crippen LogP contribution < -0.4 is 5.32 Å². The fourth-order valence-electron chi connectivity index (χ4n) is 2.79. The summed E-state index contributed by atoms with van der Waals surface area (Å²) in [5.41, 5.74) is 1.57. The number of nitrogens with zero attached hydrogens (tertiary/aromatic N) is 1. The van der Waals surface area contributed by atoms with Gasteiger partial charge in [-0.1, -0.05) is 18.2 Å². The van der Waals surface area contributed by atoms with Gasteiger partial charge >= 0.3 is 5.97 Å². The van der Waals surface area contributed by atoms with Crippen molar-refractivity contribution in [2.24, 2.45) is 0 Å². The highest BCUT2D eigenvalue weighted by atomic mass is 19.1. The van der Waals surface area contributed by atoms with E-state index in [-0.39, 0.29) is 22.7 Å². The van der Waals surface area contributed by atoms with Gasteiger partial charge in [0.2, 0.25) is 11.7 Å². The Balaban J connectivity index is 1.75. The molecule has 0 radical (unpaired) electrons. The molecule has 0 atom stereocenters. The number of ketones is 1. The number of carbonyl (C=O) groups is 3. The van der Waals surface area contributed by atoms with Gasteiger partial charge in [0, 0.05) is 23.7 Å². The number of ether oxygens (including phenoxy) is 1. The van der Waals surface area contributed by atoms with Crippen molar-refractivity contribution in [2.75, 3.05) is 11.9 Å². The summed E-state index contributed by atoms with van der Waals surface area (Å²) in [6, 6.07) is 12.3. The Morgan fingerprint density at radius 1 is 1.07 bits per heavy atom. The molecule has 6 nitrogen and oxygen atoms in total.